The maximum absolute atomic E-state index is 12.2. The molecular formula is C19H25ClN2O4S. The van der Waals surface area contributed by atoms with Gasteiger partial charge in [0.05, 0.1) is 26.4 Å². The number of ether oxygens (including phenoxy) is 3. The van der Waals surface area contributed by atoms with Gasteiger partial charge in [0.1, 0.15) is 11.5 Å². The first-order valence-corrected chi connectivity index (χ1v) is 9.53. The van der Waals surface area contributed by atoms with Gasteiger partial charge in [0.25, 0.3) is 5.91 Å². The Hall–Kier alpha value is -1.80. The number of carbonyl (C=O) groups excluding carboxylic acids is 1. The molecule has 3 rings (SSSR count). The van der Waals surface area contributed by atoms with Crippen LogP contribution in [0, 0.1) is 0 Å². The fourth-order valence-corrected chi connectivity index (χ4v) is 3.72. The van der Waals surface area contributed by atoms with Crippen LogP contribution in [-0.2, 0) is 9.53 Å². The molecule has 1 aromatic carbocycles. The van der Waals surface area contributed by atoms with Crippen molar-refractivity contribution in [1.29, 1.82) is 0 Å². The van der Waals surface area contributed by atoms with Crippen molar-refractivity contribution in [3.05, 3.63) is 46.7 Å². The Bertz CT molecular complexity index is 676. The molecule has 0 spiro atoms. The molecule has 1 N–H and O–H groups in total. The number of nitrogens with one attached hydrogen (secondary N) is 1. The van der Waals surface area contributed by atoms with Gasteiger partial charge in [-0.1, -0.05) is 6.07 Å². The molecule has 8 heteroatoms. The van der Waals surface area contributed by atoms with E-state index in [1.807, 2.05) is 6.07 Å². The number of hydrogen-bond acceptors (Lipinski definition) is 6. The third-order valence-electron chi connectivity index (χ3n) is 4.28. The van der Waals surface area contributed by atoms with Gasteiger partial charge in [-0.2, -0.15) is 0 Å². The Morgan fingerprint density at radius 3 is 2.56 bits per heavy atom. The molecule has 0 aliphatic carbocycles. The maximum atomic E-state index is 12.2. The summed E-state index contributed by atoms with van der Waals surface area (Å²) in [5.41, 5.74) is 0. The summed E-state index contributed by atoms with van der Waals surface area (Å²) in [6.45, 7) is 3.77. The third-order valence-corrected chi connectivity index (χ3v) is 5.25. The summed E-state index contributed by atoms with van der Waals surface area (Å²) in [5.74, 6) is 1.27. The number of halogens is 1. The quantitative estimate of drug-likeness (QED) is 0.722. The van der Waals surface area contributed by atoms with Crippen LogP contribution < -0.4 is 14.8 Å². The second-order valence-electron chi connectivity index (χ2n) is 5.95. The van der Waals surface area contributed by atoms with E-state index in [1.165, 1.54) is 4.88 Å². The lowest BCUT2D eigenvalue weighted by atomic mass is 10.2. The van der Waals surface area contributed by atoms with E-state index >= 15 is 0 Å². The monoisotopic (exact) mass is 412 g/mol. The zero-order chi connectivity index (χ0) is 18.2. The minimum absolute atomic E-state index is 0. The van der Waals surface area contributed by atoms with Crippen LogP contribution in [0.15, 0.2) is 41.8 Å². The van der Waals surface area contributed by atoms with E-state index < -0.39 is 0 Å². The SMILES string of the molecule is COc1ccc(OCC(=O)NCC(c2cccs2)N2CCOCC2)cc1.Cl. The fraction of sp³-hybridized carbons (Fsp3) is 0.421. The Kier molecular flexibility index (Phi) is 8.87. The summed E-state index contributed by atoms with van der Waals surface area (Å²) < 4.78 is 16.1. The van der Waals surface area contributed by atoms with E-state index in [0.717, 1.165) is 32.1 Å². The highest BCUT2D eigenvalue weighted by molar-refractivity contribution is 7.10. The van der Waals surface area contributed by atoms with Gasteiger partial charge < -0.3 is 19.5 Å². The molecule has 1 aliphatic rings. The van der Waals surface area contributed by atoms with Gasteiger partial charge in [0, 0.05) is 24.5 Å². The van der Waals surface area contributed by atoms with Crippen LogP contribution in [-0.4, -0.2) is 57.4 Å². The standard InChI is InChI=1S/C19H24N2O4S.ClH/c1-23-15-4-6-16(7-5-15)25-14-19(22)20-13-17(18-3-2-12-26-18)21-8-10-24-11-9-21;/h2-7,12,17H,8-11,13-14H2,1H3,(H,20,22);1H. The van der Waals surface area contributed by atoms with Crippen molar-refractivity contribution in [1.82, 2.24) is 10.2 Å². The zero-order valence-electron chi connectivity index (χ0n) is 15.3. The second kappa shape index (κ2) is 11.1. The summed E-state index contributed by atoms with van der Waals surface area (Å²) in [7, 11) is 1.61. The fourth-order valence-electron chi connectivity index (χ4n) is 2.86. The smallest absolute Gasteiger partial charge is 0.258 e. The van der Waals surface area contributed by atoms with Gasteiger partial charge in [-0.15, -0.1) is 23.7 Å². The van der Waals surface area contributed by atoms with E-state index in [1.54, 1.807) is 42.7 Å². The zero-order valence-corrected chi connectivity index (χ0v) is 16.9. The van der Waals surface area contributed by atoms with E-state index in [4.69, 9.17) is 14.2 Å². The van der Waals surface area contributed by atoms with E-state index in [9.17, 15) is 4.79 Å². The highest BCUT2D eigenvalue weighted by Crippen LogP contribution is 2.25. The number of benzene rings is 1. The Morgan fingerprint density at radius 1 is 1.22 bits per heavy atom. The normalized spacial score (nSPS) is 15.4. The van der Waals surface area contributed by atoms with Gasteiger partial charge in [-0.05, 0) is 35.7 Å². The first-order valence-electron chi connectivity index (χ1n) is 8.65. The van der Waals surface area contributed by atoms with Crippen LogP contribution in [0.1, 0.15) is 10.9 Å². The van der Waals surface area contributed by atoms with Gasteiger partial charge in [0.2, 0.25) is 0 Å². The lowest BCUT2D eigenvalue weighted by Gasteiger charge is -2.34. The number of rotatable bonds is 8. The number of morpholine rings is 1. The molecule has 0 bridgehead atoms. The molecule has 1 unspecified atom stereocenters. The molecular weight excluding hydrogens is 388 g/mol. The summed E-state index contributed by atoms with van der Waals surface area (Å²) in [6, 6.07) is 11.5. The summed E-state index contributed by atoms with van der Waals surface area (Å²) in [4.78, 5) is 15.8. The number of carbonyl (C=O) groups is 1. The summed E-state index contributed by atoms with van der Waals surface area (Å²) in [6.07, 6.45) is 0. The van der Waals surface area contributed by atoms with Crippen LogP contribution in [0.5, 0.6) is 11.5 Å². The first-order chi connectivity index (χ1) is 12.8. The summed E-state index contributed by atoms with van der Waals surface area (Å²) >= 11 is 1.71. The molecule has 1 fully saturated rings. The predicted octanol–water partition coefficient (Wildman–Crippen LogP) is 2.75. The molecule has 0 radical (unpaired) electrons. The van der Waals surface area contributed by atoms with Crippen molar-refractivity contribution < 1.29 is 19.0 Å². The van der Waals surface area contributed by atoms with Crippen molar-refractivity contribution in [2.75, 3.05) is 46.6 Å². The Morgan fingerprint density at radius 2 is 1.93 bits per heavy atom. The average Bonchev–Trinajstić information content (AvgIpc) is 3.22. The molecule has 2 aromatic rings. The topological polar surface area (TPSA) is 60.0 Å². The molecule has 1 saturated heterocycles. The lowest BCUT2D eigenvalue weighted by molar-refractivity contribution is -0.123. The second-order valence-corrected chi connectivity index (χ2v) is 6.93. The van der Waals surface area contributed by atoms with Gasteiger partial charge in [0.15, 0.2) is 6.61 Å². The number of nitrogens with zero attached hydrogens (tertiary/aromatic N) is 1. The molecule has 1 aliphatic heterocycles. The van der Waals surface area contributed by atoms with Gasteiger partial charge in [-0.3, -0.25) is 9.69 Å². The molecule has 2 heterocycles. The van der Waals surface area contributed by atoms with E-state index in [0.29, 0.717) is 12.3 Å². The molecule has 1 atom stereocenters. The Labute approximate surface area is 169 Å². The third kappa shape index (κ3) is 6.39. The van der Waals surface area contributed by atoms with Crippen molar-refractivity contribution in [3.63, 3.8) is 0 Å². The van der Waals surface area contributed by atoms with Crippen molar-refractivity contribution in [2.45, 2.75) is 6.04 Å². The van der Waals surface area contributed by atoms with Crippen molar-refractivity contribution in [3.8, 4) is 11.5 Å². The molecule has 6 nitrogen and oxygen atoms in total. The minimum atomic E-state index is -0.129. The minimum Gasteiger partial charge on any atom is -0.497 e. The van der Waals surface area contributed by atoms with E-state index in [-0.39, 0.29) is 31.0 Å². The van der Waals surface area contributed by atoms with Crippen LogP contribution in [0.3, 0.4) is 0 Å². The maximum Gasteiger partial charge on any atom is 0.258 e. The number of thiophene rings is 1. The first kappa shape index (κ1) is 21.5. The van der Waals surface area contributed by atoms with Gasteiger partial charge >= 0.3 is 0 Å². The number of amides is 1. The largest absolute Gasteiger partial charge is 0.497 e. The van der Waals surface area contributed by atoms with Crippen LogP contribution in [0.4, 0.5) is 0 Å². The van der Waals surface area contributed by atoms with Crippen LogP contribution >= 0.6 is 23.7 Å². The van der Waals surface area contributed by atoms with Crippen molar-refractivity contribution in [2.24, 2.45) is 0 Å². The highest BCUT2D eigenvalue weighted by Gasteiger charge is 2.23. The molecule has 0 saturated carbocycles. The molecule has 27 heavy (non-hydrogen) atoms. The number of hydrogen-bond donors (Lipinski definition) is 1. The van der Waals surface area contributed by atoms with E-state index in [2.05, 4.69) is 21.7 Å². The molecule has 1 amide bonds. The van der Waals surface area contributed by atoms with Crippen LogP contribution in [0.2, 0.25) is 0 Å². The summed E-state index contributed by atoms with van der Waals surface area (Å²) in [5, 5.41) is 5.06. The lowest BCUT2D eigenvalue weighted by Crippen LogP contribution is -2.44. The van der Waals surface area contributed by atoms with Gasteiger partial charge in [-0.25, -0.2) is 0 Å². The van der Waals surface area contributed by atoms with Crippen LogP contribution in [0.25, 0.3) is 0 Å². The highest BCUT2D eigenvalue weighted by atomic mass is 35.5. The van der Waals surface area contributed by atoms with Crippen molar-refractivity contribution >= 4 is 29.7 Å². The Balaban J connectivity index is 0.00000261. The number of methoxy groups -OCH3 is 1. The molecule has 148 valence electrons. The molecule has 1 aromatic heterocycles. The average molecular weight is 413 g/mol. The predicted molar refractivity (Wildman–Crippen MR) is 108 cm³/mol.